The molecule has 0 radical (unpaired) electrons. The Labute approximate surface area is 163 Å². The van der Waals surface area contributed by atoms with Gasteiger partial charge in [0.2, 0.25) is 10.0 Å². The van der Waals surface area contributed by atoms with E-state index in [-0.39, 0.29) is 32.9 Å². The third-order valence-electron chi connectivity index (χ3n) is 3.30. The van der Waals surface area contributed by atoms with Gasteiger partial charge in [-0.3, -0.25) is 4.79 Å². The quantitative estimate of drug-likeness (QED) is 0.508. The number of alkyl halides is 2. The number of carbonyl (C=O) groups is 2. The van der Waals surface area contributed by atoms with E-state index in [2.05, 4.69) is 10.3 Å². The summed E-state index contributed by atoms with van der Waals surface area (Å²) in [6, 6.07) is 7.66. The number of halogens is 2. The van der Waals surface area contributed by atoms with Crippen LogP contribution in [-0.2, 0) is 19.6 Å². The fourth-order valence-corrected chi connectivity index (χ4v) is 3.06. The molecule has 0 aliphatic rings. The molecule has 150 valence electrons. The van der Waals surface area contributed by atoms with E-state index in [1.807, 2.05) is 0 Å². The number of benzene rings is 1. The van der Waals surface area contributed by atoms with Crippen molar-refractivity contribution < 1.29 is 31.5 Å². The Morgan fingerprint density at radius 1 is 1.21 bits per heavy atom. The van der Waals surface area contributed by atoms with Crippen LogP contribution in [0.1, 0.15) is 17.3 Å². The largest absolute Gasteiger partial charge is 0.449 e. The Balaban J connectivity index is 2.03. The lowest BCUT2D eigenvalue weighted by atomic mass is 10.2. The van der Waals surface area contributed by atoms with Crippen LogP contribution in [0.2, 0.25) is 0 Å². The molecule has 28 heavy (non-hydrogen) atoms. The standard InChI is InChI=1S/C16H15F2N3O5S2/c1-9(13(22)21-10-4-6-11(7-5-10)28(19,24)25)26-15(23)12-3-2-8-20-14(12)27-16(17)18/h2-9,16H,1H3,(H,21,22)(H2,19,24,25). The molecule has 1 amide bonds. The van der Waals surface area contributed by atoms with Crippen LogP contribution in [-0.4, -0.2) is 37.1 Å². The van der Waals surface area contributed by atoms with Crippen molar-refractivity contribution in [3.63, 3.8) is 0 Å². The molecule has 0 saturated carbocycles. The van der Waals surface area contributed by atoms with E-state index < -0.39 is 33.8 Å². The minimum absolute atomic E-state index is 0.0896. The topological polar surface area (TPSA) is 128 Å². The summed E-state index contributed by atoms with van der Waals surface area (Å²) in [7, 11) is -3.87. The van der Waals surface area contributed by atoms with Crippen molar-refractivity contribution in [3.05, 3.63) is 48.2 Å². The number of thioether (sulfide) groups is 1. The van der Waals surface area contributed by atoms with Gasteiger partial charge in [-0.2, -0.15) is 8.78 Å². The van der Waals surface area contributed by atoms with Gasteiger partial charge < -0.3 is 10.1 Å². The van der Waals surface area contributed by atoms with E-state index in [1.165, 1.54) is 49.5 Å². The van der Waals surface area contributed by atoms with Gasteiger partial charge in [0, 0.05) is 11.9 Å². The Bertz CT molecular complexity index is 968. The van der Waals surface area contributed by atoms with Gasteiger partial charge in [0.05, 0.1) is 10.5 Å². The highest BCUT2D eigenvalue weighted by atomic mass is 32.2. The fourth-order valence-electron chi connectivity index (χ4n) is 1.97. The zero-order valence-electron chi connectivity index (χ0n) is 14.3. The summed E-state index contributed by atoms with van der Waals surface area (Å²) in [4.78, 5) is 27.9. The minimum atomic E-state index is -3.87. The molecule has 1 atom stereocenters. The number of esters is 1. The molecule has 1 aromatic carbocycles. The summed E-state index contributed by atoms with van der Waals surface area (Å²) in [5, 5.41) is 7.20. The molecule has 2 rings (SSSR count). The van der Waals surface area contributed by atoms with E-state index in [0.717, 1.165) is 0 Å². The van der Waals surface area contributed by atoms with Crippen molar-refractivity contribution in [2.24, 2.45) is 5.14 Å². The molecule has 8 nitrogen and oxygen atoms in total. The number of nitrogens with zero attached hydrogens (tertiary/aromatic N) is 1. The lowest BCUT2D eigenvalue weighted by Crippen LogP contribution is -2.30. The number of amides is 1. The molecule has 0 fully saturated rings. The van der Waals surface area contributed by atoms with Crippen LogP contribution in [0.4, 0.5) is 14.5 Å². The summed E-state index contributed by atoms with van der Waals surface area (Å²) in [5.41, 5.74) is 0.0561. The molecule has 1 heterocycles. The number of pyridine rings is 1. The van der Waals surface area contributed by atoms with Crippen LogP contribution in [0.25, 0.3) is 0 Å². The first-order valence-corrected chi connectivity index (χ1v) is 10.0. The van der Waals surface area contributed by atoms with Crippen LogP contribution in [0.3, 0.4) is 0 Å². The normalized spacial score (nSPS) is 12.5. The molecule has 1 aromatic heterocycles. The fraction of sp³-hybridized carbons (Fsp3) is 0.188. The molecule has 0 bridgehead atoms. The first-order chi connectivity index (χ1) is 13.1. The summed E-state index contributed by atoms with van der Waals surface area (Å²) in [6.07, 6.45) is -0.00180. The van der Waals surface area contributed by atoms with E-state index in [0.29, 0.717) is 0 Å². The Hall–Kier alpha value is -2.57. The van der Waals surface area contributed by atoms with Gasteiger partial charge in [0.25, 0.3) is 11.7 Å². The highest BCUT2D eigenvalue weighted by Crippen LogP contribution is 2.27. The van der Waals surface area contributed by atoms with Crippen LogP contribution in [0.15, 0.2) is 52.5 Å². The third kappa shape index (κ3) is 5.97. The predicted molar refractivity (Wildman–Crippen MR) is 97.4 cm³/mol. The van der Waals surface area contributed by atoms with Crippen LogP contribution in [0, 0.1) is 0 Å². The monoisotopic (exact) mass is 431 g/mol. The molecule has 2 aromatic rings. The second-order valence-electron chi connectivity index (χ2n) is 5.34. The molecule has 3 N–H and O–H groups in total. The number of nitrogens with two attached hydrogens (primary N) is 1. The van der Waals surface area contributed by atoms with Crippen molar-refractivity contribution in [1.82, 2.24) is 4.98 Å². The highest BCUT2D eigenvalue weighted by Gasteiger charge is 2.23. The number of rotatable bonds is 7. The Kier molecular flexibility index (Phi) is 7.05. The Morgan fingerprint density at radius 2 is 1.86 bits per heavy atom. The molecule has 0 spiro atoms. The summed E-state index contributed by atoms with van der Waals surface area (Å²) in [6.45, 7) is 1.29. The number of anilines is 1. The summed E-state index contributed by atoms with van der Waals surface area (Å²) in [5.74, 6) is -4.46. The molecular weight excluding hydrogens is 416 g/mol. The van der Waals surface area contributed by atoms with Gasteiger partial charge in [-0.15, -0.1) is 0 Å². The molecule has 0 aliphatic carbocycles. The second kappa shape index (κ2) is 9.08. The number of hydrogen-bond donors (Lipinski definition) is 2. The molecule has 12 heteroatoms. The molecule has 0 aliphatic heterocycles. The van der Waals surface area contributed by atoms with Crippen LogP contribution >= 0.6 is 11.8 Å². The smallest absolute Gasteiger partial charge is 0.341 e. The molecule has 0 saturated heterocycles. The third-order valence-corrected chi connectivity index (χ3v) is 4.95. The number of aromatic nitrogens is 1. The zero-order valence-corrected chi connectivity index (χ0v) is 16.0. The summed E-state index contributed by atoms with van der Waals surface area (Å²) < 4.78 is 52.5. The number of hydrogen-bond acceptors (Lipinski definition) is 7. The van der Waals surface area contributed by atoms with Gasteiger partial charge in [0.15, 0.2) is 6.10 Å². The van der Waals surface area contributed by atoms with E-state index >= 15 is 0 Å². The zero-order chi connectivity index (χ0) is 20.9. The van der Waals surface area contributed by atoms with Gasteiger partial charge >= 0.3 is 5.97 Å². The highest BCUT2D eigenvalue weighted by molar-refractivity contribution is 7.99. The minimum Gasteiger partial charge on any atom is -0.449 e. The number of ether oxygens (including phenoxy) is 1. The van der Waals surface area contributed by atoms with Crippen LogP contribution < -0.4 is 10.5 Å². The van der Waals surface area contributed by atoms with Gasteiger partial charge in [-0.1, -0.05) is 0 Å². The molecular formula is C16H15F2N3O5S2. The average molecular weight is 431 g/mol. The molecule has 1 unspecified atom stereocenters. The van der Waals surface area contributed by atoms with Crippen molar-refractivity contribution in [3.8, 4) is 0 Å². The van der Waals surface area contributed by atoms with Gasteiger partial charge in [-0.05, 0) is 55.1 Å². The van der Waals surface area contributed by atoms with Crippen molar-refractivity contribution in [2.45, 2.75) is 28.7 Å². The lowest BCUT2D eigenvalue weighted by Gasteiger charge is -2.14. The van der Waals surface area contributed by atoms with Crippen molar-refractivity contribution in [2.75, 3.05) is 5.32 Å². The van der Waals surface area contributed by atoms with Crippen molar-refractivity contribution >= 4 is 39.3 Å². The maximum atomic E-state index is 12.6. The number of nitrogens with one attached hydrogen (secondary N) is 1. The average Bonchev–Trinajstić information content (AvgIpc) is 2.61. The first kappa shape index (κ1) is 21.7. The SMILES string of the molecule is CC(OC(=O)c1cccnc1SC(F)F)C(=O)Nc1ccc(S(N)(=O)=O)cc1. The lowest BCUT2D eigenvalue weighted by molar-refractivity contribution is -0.123. The number of carbonyl (C=O) groups excluding carboxylic acids is 2. The van der Waals surface area contributed by atoms with Gasteiger partial charge in [0.1, 0.15) is 5.03 Å². The second-order valence-corrected chi connectivity index (χ2v) is 7.88. The van der Waals surface area contributed by atoms with Crippen LogP contribution in [0.5, 0.6) is 0 Å². The van der Waals surface area contributed by atoms with E-state index in [9.17, 15) is 26.8 Å². The van der Waals surface area contributed by atoms with E-state index in [1.54, 1.807) is 0 Å². The number of primary sulfonamides is 1. The van der Waals surface area contributed by atoms with Gasteiger partial charge in [-0.25, -0.2) is 23.3 Å². The maximum absolute atomic E-state index is 12.6. The van der Waals surface area contributed by atoms with E-state index in [4.69, 9.17) is 9.88 Å². The first-order valence-electron chi connectivity index (χ1n) is 7.62. The maximum Gasteiger partial charge on any atom is 0.341 e. The Morgan fingerprint density at radius 3 is 2.43 bits per heavy atom. The predicted octanol–water partition coefficient (Wildman–Crippen LogP) is 2.23. The summed E-state index contributed by atoms with van der Waals surface area (Å²) >= 11 is 0.0896. The van der Waals surface area contributed by atoms with Crippen molar-refractivity contribution in [1.29, 1.82) is 0 Å². The number of sulfonamides is 1.